The zero-order valence-corrected chi connectivity index (χ0v) is 14.9. The van der Waals surface area contributed by atoms with Crippen molar-refractivity contribution in [3.8, 4) is 11.3 Å². The molecule has 8 heteroatoms. The van der Waals surface area contributed by atoms with Crippen LogP contribution >= 0.6 is 11.6 Å². The molecule has 138 valence electrons. The molecule has 0 unspecified atom stereocenters. The maximum Gasteiger partial charge on any atom is 0.363 e. The van der Waals surface area contributed by atoms with Gasteiger partial charge in [0.15, 0.2) is 5.70 Å². The van der Waals surface area contributed by atoms with Crippen LogP contribution in [0.15, 0.2) is 75.8 Å². The van der Waals surface area contributed by atoms with Gasteiger partial charge in [-0.2, -0.15) is 0 Å². The summed E-state index contributed by atoms with van der Waals surface area (Å²) >= 11 is 6.11. The lowest BCUT2D eigenvalue weighted by Crippen LogP contribution is -2.05. The number of carbonyl (C=O) groups is 1. The van der Waals surface area contributed by atoms with Crippen LogP contribution in [0.1, 0.15) is 11.3 Å². The second-order valence-corrected chi connectivity index (χ2v) is 6.20. The number of hydrogen-bond acceptors (Lipinski definition) is 6. The van der Waals surface area contributed by atoms with E-state index in [1.807, 2.05) is 0 Å². The number of carbonyl (C=O) groups excluding carboxylic acids is 1. The van der Waals surface area contributed by atoms with Gasteiger partial charge < -0.3 is 9.15 Å². The molecule has 0 amide bonds. The Morgan fingerprint density at radius 1 is 1.00 bits per heavy atom. The number of ether oxygens (including phenoxy) is 1. The Kier molecular flexibility index (Phi) is 4.50. The van der Waals surface area contributed by atoms with Crippen molar-refractivity contribution in [2.75, 3.05) is 0 Å². The van der Waals surface area contributed by atoms with Gasteiger partial charge in [-0.15, -0.1) is 0 Å². The van der Waals surface area contributed by atoms with Crippen molar-refractivity contribution in [1.29, 1.82) is 0 Å². The molecule has 3 aromatic rings. The first-order valence-corrected chi connectivity index (χ1v) is 8.52. The lowest BCUT2D eigenvalue weighted by atomic mass is 10.1. The highest BCUT2D eigenvalue weighted by molar-refractivity contribution is 6.34. The number of nitro groups is 1. The van der Waals surface area contributed by atoms with Gasteiger partial charge in [0, 0.05) is 12.1 Å². The highest BCUT2D eigenvalue weighted by atomic mass is 35.5. The van der Waals surface area contributed by atoms with Crippen molar-refractivity contribution in [3.63, 3.8) is 0 Å². The topological polar surface area (TPSA) is 94.9 Å². The SMILES string of the molecule is O=C1OC(c2ccccc2Cl)=N/C1=C\c1ccc(-c2ccccc2[N+](=O)[O-])o1. The minimum Gasteiger partial charge on any atom is -0.456 e. The summed E-state index contributed by atoms with van der Waals surface area (Å²) < 4.78 is 10.8. The van der Waals surface area contributed by atoms with Crippen LogP contribution in [0.5, 0.6) is 0 Å². The maximum absolute atomic E-state index is 12.1. The van der Waals surface area contributed by atoms with Crippen LogP contribution in [0.2, 0.25) is 5.02 Å². The molecule has 7 nitrogen and oxygen atoms in total. The zero-order chi connectivity index (χ0) is 19.7. The first-order chi connectivity index (χ1) is 13.5. The Bertz CT molecular complexity index is 1160. The lowest BCUT2D eigenvalue weighted by Gasteiger charge is -2.00. The average molecular weight is 395 g/mol. The fraction of sp³-hybridized carbons (Fsp3) is 0. The van der Waals surface area contributed by atoms with Gasteiger partial charge in [0.05, 0.1) is 21.1 Å². The number of para-hydroxylation sites is 1. The van der Waals surface area contributed by atoms with Gasteiger partial charge in [0.25, 0.3) is 5.69 Å². The summed E-state index contributed by atoms with van der Waals surface area (Å²) in [6, 6.07) is 16.3. The van der Waals surface area contributed by atoms with Crippen LogP contribution in [0.25, 0.3) is 17.4 Å². The molecule has 0 saturated heterocycles. The first-order valence-electron chi connectivity index (χ1n) is 8.14. The van der Waals surface area contributed by atoms with Crippen LogP contribution in [-0.2, 0) is 9.53 Å². The molecule has 4 rings (SSSR count). The minimum atomic E-state index is -0.640. The number of nitrogens with zero attached hydrogens (tertiary/aromatic N) is 2. The third-order valence-corrected chi connectivity index (χ3v) is 4.33. The van der Waals surface area contributed by atoms with Gasteiger partial charge in [0.2, 0.25) is 5.90 Å². The summed E-state index contributed by atoms with van der Waals surface area (Å²) in [5, 5.41) is 11.6. The van der Waals surface area contributed by atoms with E-state index in [2.05, 4.69) is 4.99 Å². The second-order valence-electron chi connectivity index (χ2n) is 5.79. The van der Waals surface area contributed by atoms with Crippen LogP contribution < -0.4 is 0 Å². The van der Waals surface area contributed by atoms with Crippen molar-refractivity contribution in [3.05, 3.63) is 92.8 Å². The van der Waals surface area contributed by atoms with E-state index in [4.69, 9.17) is 20.8 Å². The predicted octanol–water partition coefficient (Wildman–Crippen LogP) is 4.85. The molecule has 28 heavy (non-hydrogen) atoms. The van der Waals surface area contributed by atoms with Crippen molar-refractivity contribution >= 4 is 35.2 Å². The number of aliphatic imine (C=N–C) groups is 1. The number of rotatable bonds is 4. The second kappa shape index (κ2) is 7.13. The van der Waals surface area contributed by atoms with Crippen molar-refractivity contribution in [2.45, 2.75) is 0 Å². The molecule has 2 aromatic carbocycles. The normalized spacial score (nSPS) is 14.8. The number of nitro benzene ring substituents is 1. The van der Waals surface area contributed by atoms with E-state index in [1.165, 1.54) is 12.1 Å². The van der Waals surface area contributed by atoms with Gasteiger partial charge in [-0.05, 0) is 30.3 Å². The van der Waals surface area contributed by atoms with Gasteiger partial charge in [-0.1, -0.05) is 35.9 Å². The number of hydrogen-bond donors (Lipinski definition) is 0. The van der Waals surface area contributed by atoms with Gasteiger partial charge in [-0.3, -0.25) is 10.1 Å². The summed E-state index contributed by atoms with van der Waals surface area (Å²) in [4.78, 5) is 27.0. The molecule has 2 heterocycles. The van der Waals surface area contributed by atoms with E-state index in [-0.39, 0.29) is 17.3 Å². The number of cyclic esters (lactones) is 1. The Hall–Kier alpha value is -3.71. The van der Waals surface area contributed by atoms with E-state index in [1.54, 1.807) is 54.6 Å². The summed E-state index contributed by atoms with van der Waals surface area (Å²) in [6.07, 6.45) is 1.41. The third kappa shape index (κ3) is 3.30. The molecule has 0 radical (unpaired) electrons. The summed E-state index contributed by atoms with van der Waals surface area (Å²) in [5.74, 6) is 0.0796. The number of benzene rings is 2. The summed E-state index contributed by atoms with van der Waals surface area (Å²) in [5.41, 5.74) is 0.807. The van der Waals surface area contributed by atoms with Crippen LogP contribution in [0.3, 0.4) is 0 Å². The number of halogens is 1. The van der Waals surface area contributed by atoms with Crippen molar-refractivity contribution in [2.24, 2.45) is 4.99 Å². The quantitative estimate of drug-likeness (QED) is 0.273. The van der Waals surface area contributed by atoms with E-state index < -0.39 is 10.9 Å². The predicted molar refractivity (Wildman–Crippen MR) is 103 cm³/mol. The van der Waals surface area contributed by atoms with Crippen LogP contribution in [0.4, 0.5) is 5.69 Å². The standard InChI is InChI=1S/C20H11ClN2O5/c21-15-7-3-1-5-13(15)19-22-16(20(24)28-19)11-12-9-10-18(27-12)14-6-2-4-8-17(14)23(25)26/h1-11H/b16-11-. The van der Waals surface area contributed by atoms with E-state index in [0.29, 0.717) is 27.7 Å². The molecule has 0 saturated carbocycles. The number of esters is 1. The molecule has 0 aliphatic carbocycles. The first kappa shape index (κ1) is 17.7. The molecule has 0 bridgehead atoms. The average Bonchev–Trinajstić information content (AvgIpc) is 3.29. The molecule has 0 atom stereocenters. The maximum atomic E-state index is 12.1. The molecule has 1 aromatic heterocycles. The molecular weight excluding hydrogens is 384 g/mol. The third-order valence-electron chi connectivity index (χ3n) is 4.00. The molecule has 0 N–H and O–H groups in total. The monoisotopic (exact) mass is 394 g/mol. The highest BCUT2D eigenvalue weighted by Crippen LogP contribution is 2.32. The molecule has 0 fully saturated rings. The minimum absolute atomic E-state index is 0.0402. The van der Waals surface area contributed by atoms with E-state index in [0.717, 1.165) is 0 Å². The van der Waals surface area contributed by atoms with Gasteiger partial charge >= 0.3 is 5.97 Å². The fourth-order valence-corrected chi connectivity index (χ4v) is 2.93. The van der Waals surface area contributed by atoms with Crippen LogP contribution in [-0.4, -0.2) is 16.8 Å². The molecular formula is C20H11ClN2O5. The van der Waals surface area contributed by atoms with Crippen molar-refractivity contribution in [1.82, 2.24) is 0 Å². The fourth-order valence-electron chi connectivity index (χ4n) is 2.71. The Morgan fingerprint density at radius 2 is 1.71 bits per heavy atom. The lowest BCUT2D eigenvalue weighted by molar-refractivity contribution is -0.384. The smallest absolute Gasteiger partial charge is 0.363 e. The largest absolute Gasteiger partial charge is 0.456 e. The van der Waals surface area contributed by atoms with Crippen LogP contribution in [0, 0.1) is 10.1 Å². The van der Waals surface area contributed by atoms with Crippen molar-refractivity contribution < 1.29 is 18.9 Å². The summed E-state index contributed by atoms with van der Waals surface area (Å²) in [6.45, 7) is 0. The van der Waals surface area contributed by atoms with E-state index in [9.17, 15) is 14.9 Å². The number of furan rings is 1. The highest BCUT2D eigenvalue weighted by Gasteiger charge is 2.26. The Balaban J connectivity index is 1.67. The zero-order valence-electron chi connectivity index (χ0n) is 14.2. The molecule has 0 spiro atoms. The Labute approximate surface area is 163 Å². The molecule has 1 aliphatic rings. The van der Waals surface area contributed by atoms with E-state index >= 15 is 0 Å². The van der Waals surface area contributed by atoms with Gasteiger partial charge in [0.1, 0.15) is 11.5 Å². The Morgan fingerprint density at radius 3 is 2.46 bits per heavy atom. The molecule has 1 aliphatic heterocycles. The summed E-state index contributed by atoms with van der Waals surface area (Å²) in [7, 11) is 0. The van der Waals surface area contributed by atoms with Gasteiger partial charge in [-0.25, -0.2) is 9.79 Å².